The fourth-order valence-electron chi connectivity index (χ4n) is 1.33. The third-order valence-corrected chi connectivity index (χ3v) is 2.86. The Hall–Kier alpha value is -1.83. The summed E-state index contributed by atoms with van der Waals surface area (Å²) in [6, 6.07) is 7.59. The number of pyridine rings is 1. The van der Waals surface area contributed by atoms with Crippen molar-refractivity contribution in [2.24, 2.45) is 0 Å². The molecule has 1 aromatic carbocycles. The Bertz CT molecular complexity index is 638. The quantitative estimate of drug-likeness (QED) is 0.900. The second kappa shape index (κ2) is 5.21. The molecule has 0 spiro atoms. The van der Waals surface area contributed by atoms with Crippen molar-refractivity contribution in [1.29, 1.82) is 5.26 Å². The summed E-state index contributed by atoms with van der Waals surface area (Å²) >= 11 is 11.6. The smallest absolute Gasteiger partial charge is 0.150 e. The van der Waals surface area contributed by atoms with E-state index in [0.717, 1.165) is 0 Å². The minimum Gasteiger partial charge on any atom is -0.339 e. The van der Waals surface area contributed by atoms with E-state index < -0.39 is 5.82 Å². The van der Waals surface area contributed by atoms with Crippen molar-refractivity contribution >= 4 is 34.7 Å². The molecule has 0 fully saturated rings. The molecule has 90 valence electrons. The van der Waals surface area contributed by atoms with Gasteiger partial charge in [0.15, 0.2) is 5.82 Å². The van der Waals surface area contributed by atoms with Gasteiger partial charge in [-0.3, -0.25) is 0 Å². The van der Waals surface area contributed by atoms with E-state index in [2.05, 4.69) is 10.3 Å². The summed E-state index contributed by atoms with van der Waals surface area (Å²) in [7, 11) is 0. The normalized spacial score (nSPS) is 9.89. The minimum atomic E-state index is -0.507. The molecule has 1 heterocycles. The Morgan fingerprint density at radius 3 is 2.72 bits per heavy atom. The number of aromatic nitrogens is 1. The lowest BCUT2D eigenvalue weighted by molar-refractivity contribution is 0.628. The first-order valence-electron chi connectivity index (χ1n) is 4.88. The summed E-state index contributed by atoms with van der Waals surface area (Å²) in [6.45, 7) is 0. The molecule has 1 N–H and O–H groups in total. The SMILES string of the molecule is N#Cc1ccnc(Nc2ccc(F)c(Cl)c2)c1Cl. The van der Waals surface area contributed by atoms with Crippen molar-refractivity contribution in [2.45, 2.75) is 0 Å². The first kappa shape index (κ1) is 12.6. The van der Waals surface area contributed by atoms with E-state index in [0.29, 0.717) is 17.1 Å². The molecule has 0 bridgehead atoms. The number of halogens is 3. The van der Waals surface area contributed by atoms with Gasteiger partial charge in [0.05, 0.1) is 10.6 Å². The van der Waals surface area contributed by atoms with Crippen LogP contribution in [0, 0.1) is 17.1 Å². The maximum Gasteiger partial charge on any atom is 0.150 e. The summed E-state index contributed by atoms with van der Waals surface area (Å²) in [6.07, 6.45) is 1.46. The van der Waals surface area contributed by atoms with E-state index in [-0.39, 0.29) is 10.0 Å². The van der Waals surface area contributed by atoms with Gasteiger partial charge in [-0.25, -0.2) is 9.37 Å². The largest absolute Gasteiger partial charge is 0.339 e. The van der Waals surface area contributed by atoms with Gasteiger partial charge in [0, 0.05) is 11.9 Å². The van der Waals surface area contributed by atoms with Crippen LogP contribution in [-0.2, 0) is 0 Å². The van der Waals surface area contributed by atoms with Gasteiger partial charge in [-0.1, -0.05) is 23.2 Å². The molecule has 0 atom stereocenters. The lowest BCUT2D eigenvalue weighted by atomic mass is 10.2. The predicted molar refractivity (Wildman–Crippen MR) is 68.7 cm³/mol. The second-order valence-corrected chi connectivity index (χ2v) is 4.17. The van der Waals surface area contributed by atoms with Crippen molar-refractivity contribution < 1.29 is 4.39 Å². The number of anilines is 2. The summed E-state index contributed by atoms with van der Waals surface area (Å²) in [4.78, 5) is 4.00. The number of benzene rings is 1. The zero-order valence-corrected chi connectivity index (χ0v) is 10.4. The van der Waals surface area contributed by atoms with Crippen LogP contribution in [0.4, 0.5) is 15.9 Å². The van der Waals surface area contributed by atoms with Crippen LogP contribution in [0.2, 0.25) is 10.0 Å². The lowest BCUT2D eigenvalue weighted by Gasteiger charge is -2.08. The third-order valence-electron chi connectivity index (χ3n) is 2.19. The zero-order chi connectivity index (χ0) is 13.1. The molecule has 0 saturated heterocycles. The average Bonchev–Trinajstić information content (AvgIpc) is 2.36. The Morgan fingerprint density at radius 2 is 2.06 bits per heavy atom. The number of nitriles is 1. The zero-order valence-electron chi connectivity index (χ0n) is 8.92. The average molecular weight is 282 g/mol. The van der Waals surface area contributed by atoms with Crippen molar-refractivity contribution in [3.05, 3.63) is 51.9 Å². The Balaban J connectivity index is 2.35. The first-order valence-corrected chi connectivity index (χ1v) is 5.64. The highest BCUT2D eigenvalue weighted by molar-refractivity contribution is 6.34. The third kappa shape index (κ3) is 2.53. The molecule has 2 rings (SSSR count). The number of nitrogens with zero attached hydrogens (tertiary/aromatic N) is 2. The van der Waals surface area contributed by atoms with Crippen molar-refractivity contribution in [1.82, 2.24) is 4.98 Å². The lowest BCUT2D eigenvalue weighted by Crippen LogP contribution is -1.96. The standard InChI is InChI=1S/C12H6Cl2FN3/c13-9-5-8(1-2-10(9)15)18-12-11(14)7(6-16)3-4-17-12/h1-5H,(H,17,18). The molecular weight excluding hydrogens is 276 g/mol. The summed E-state index contributed by atoms with van der Waals surface area (Å²) in [5, 5.41) is 11.9. The maximum atomic E-state index is 13.0. The van der Waals surface area contributed by atoms with Gasteiger partial charge in [0.25, 0.3) is 0 Å². The van der Waals surface area contributed by atoms with Gasteiger partial charge >= 0.3 is 0 Å². The number of hydrogen-bond donors (Lipinski definition) is 1. The van der Waals surface area contributed by atoms with Crippen LogP contribution in [0.25, 0.3) is 0 Å². The van der Waals surface area contributed by atoms with E-state index in [4.69, 9.17) is 28.5 Å². The summed E-state index contributed by atoms with van der Waals surface area (Å²) in [5.74, 6) is -0.189. The molecule has 0 aliphatic heterocycles. The highest BCUT2D eigenvalue weighted by atomic mass is 35.5. The van der Waals surface area contributed by atoms with Crippen LogP contribution in [-0.4, -0.2) is 4.98 Å². The van der Waals surface area contributed by atoms with Gasteiger partial charge in [0.1, 0.15) is 16.9 Å². The summed E-state index contributed by atoms with van der Waals surface area (Å²) in [5.41, 5.74) is 0.841. The van der Waals surface area contributed by atoms with E-state index in [1.807, 2.05) is 6.07 Å². The summed E-state index contributed by atoms with van der Waals surface area (Å²) < 4.78 is 13.0. The van der Waals surface area contributed by atoms with Crippen LogP contribution in [0.5, 0.6) is 0 Å². The van der Waals surface area contributed by atoms with Gasteiger partial charge < -0.3 is 5.32 Å². The number of nitrogens with one attached hydrogen (secondary N) is 1. The fraction of sp³-hybridized carbons (Fsp3) is 0. The van der Waals surface area contributed by atoms with Crippen LogP contribution < -0.4 is 5.32 Å². The molecule has 0 unspecified atom stereocenters. The fourth-order valence-corrected chi connectivity index (χ4v) is 1.71. The van der Waals surface area contributed by atoms with Crippen LogP contribution >= 0.6 is 23.2 Å². The van der Waals surface area contributed by atoms with Gasteiger partial charge in [-0.05, 0) is 24.3 Å². The molecule has 0 saturated carbocycles. The molecule has 0 radical (unpaired) electrons. The topological polar surface area (TPSA) is 48.7 Å². The highest BCUT2D eigenvalue weighted by Gasteiger charge is 2.08. The monoisotopic (exact) mass is 281 g/mol. The maximum absolute atomic E-state index is 13.0. The molecule has 0 aliphatic carbocycles. The molecule has 18 heavy (non-hydrogen) atoms. The van der Waals surface area contributed by atoms with Crippen LogP contribution in [0.15, 0.2) is 30.5 Å². The molecular formula is C12H6Cl2FN3. The van der Waals surface area contributed by atoms with Gasteiger partial charge in [-0.15, -0.1) is 0 Å². The predicted octanol–water partition coefficient (Wildman–Crippen LogP) is 4.14. The molecule has 6 heteroatoms. The molecule has 0 aliphatic rings. The number of rotatable bonds is 2. The first-order chi connectivity index (χ1) is 8.61. The minimum absolute atomic E-state index is 0.00689. The number of hydrogen-bond acceptors (Lipinski definition) is 3. The Morgan fingerprint density at radius 1 is 1.28 bits per heavy atom. The van der Waals surface area contributed by atoms with Crippen molar-refractivity contribution in [3.8, 4) is 6.07 Å². The van der Waals surface area contributed by atoms with E-state index in [1.165, 1.54) is 30.5 Å². The Kier molecular flexibility index (Phi) is 3.66. The van der Waals surface area contributed by atoms with E-state index in [9.17, 15) is 4.39 Å². The molecule has 2 aromatic rings. The van der Waals surface area contributed by atoms with Gasteiger partial charge in [0.2, 0.25) is 0 Å². The van der Waals surface area contributed by atoms with Gasteiger partial charge in [-0.2, -0.15) is 5.26 Å². The highest BCUT2D eigenvalue weighted by Crippen LogP contribution is 2.27. The molecule has 3 nitrogen and oxygen atoms in total. The van der Waals surface area contributed by atoms with E-state index >= 15 is 0 Å². The van der Waals surface area contributed by atoms with Crippen molar-refractivity contribution in [3.63, 3.8) is 0 Å². The molecule has 0 amide bonds. The van der Waals surface area contributed by atoms with Crippen LogP contribution in [0.1, 0.15) is 5.56 Å². The second-order valence-electron chi connectivity index (χ2n) is 3.39. The van der Waals surface area contributed by atoms with E-state index in [1.54, 1.807) is 0 Å². The van der Waals surface area contributed by atoms with Crippen LogP contribution in [0.3, 0.4) is 0 Å². The molecule has 1 aromatic heterocycles. The van der Waals surface area contributed by atoms with Crippen molar-refractivity contribution in [2.75, 3.05) is 5.32 Å². The Labute approximate surface area is 113 Å².